The zero-order valence-corrected chi connectivity index (χ0v) is 19.2. The lowest BCUT2D eigenvalue weighted by Crippen LogP contribution is -2.16. The van der Waals surface area contributed by atoms with Crippen molar-refractivity contribution in [3.05, 3.63) is 41.8 Å². The van der Waals surface area contributed by atoms with Crippen LogP contribution in [-0.2, 0) is 57.4 Å². The third-order valence-electron chi connectivity index (χ3n) is 3.94. The first-order valence-corrected chi connectivity index (χ1v) is 10.2. The van der Waals surface area contributed by atoms with Crippen molar-refractivity contribution < 1.29 is 38.1 Å². The van der Waals surface area contributed by atoms with Gasteiger partial charge in [0.15, 0.2) is 0 Å². The first-order chi connectivity index (χ1) is 15.6. The Bertz CT molecular complexity index is 847. The fourth-order valence-electron chi connectivity index (χ4n) is 2.21. The molecule has 0 bridgehead atoms. The van der Waals surface area contributed by atoms with Gasteiger partial charge < -0.3 is 18.9 Å². The lowest BCUT2D eigenvalue weighted by atomic mass is 10.3. The smallest absolute Gasteiger partial charge is 0.333 e. The van der Waals surface area contributed by atoms with Gasteiger partial charge in [-0.3, -0.25) is 9.59 Å². The van der Waals surface area contributed by atoms with E-state index in [0.717, 1.165) is 0 Å². The van der Waals surface area contributed by atoms with Gasteiger partial charge in [-0.25, -0.2) is 24.5 Å². The zero-order chi connectivity index (χ0) is 24.8. The van der Waals surface area contributed by atoms with Gasteiger partial charge in [0, 0.05) is 30.4 Å². The Balaban J connectivity index is 2.73. The van der Waals surface area contributed by atoms with E-state index in [1.165, 1.54) is 7.11 Å². The molecule has 0 spiro atoms. The molecular formula is C22H29N3O8. The van der Waals surface area contributed by atoms with E-state index in [1.807, 2.05) is 0 Å². The summed E-state index contributed by atoms with van der Waals surface area (Å²) in [5.74, 6) is -0.995. The molecule has 1 aromatic rings. The number of ether oxygens (including phenoxy) is 4. The number of carbonyl (C=O) groups is 4. The van der Waals surface area contributed by atoms with E-state index in [-0.39, 0.29) is 63.1 Å². The van der Waals surface area contributed by atoms with Crippen molar-refractivity contribution in [3.63, 3.8) is 0 Å². The van der Waals surface area contributed by atoms with Gasteiger partial charge in [-0.05, 0) is 13.8 Å². The summed E-state index contributed by atoms with van der Waals surface area (Å²) in [4.78, 5) is 58.8. The molecule has 11 nitrogen and oxygen atoms in total. The minimum Gasteiger partial charge on any atom is -0.469 e. The Kier molecular flexibility index (Phi) is 12.0. The van der Waals surface area contributed by atoms with Gasteiger partial charge in [-0.2, -0.15) is 0 Å². The van der Waals surface area contributed by atoms with Gasteiger partial charge in [0.05, 0.1) is 39.8 Å². The van der Waals surface area contributed by atoms with Crippen molar-refractivity contribution in [3.8, 4) is 0 Å². The number of nitrogens with zero attached hydrogens (tertiary/aromatic N) is 3. The molecular weight excluding hydrogens is 434 g/mol. The molecule has 180 valence electrons. The summed E-state index contributed by atoms with van der Waals surface area (Å²) < 4.78 is 19.7. The van der Waals surface area contributed by atoms with Gasteiger partial charge in [0.25, 0.3) is 0 Å². The van der Waals surface area contributed by atoms with Crippen LogP contribution in [0, 0.1) is 0 Å². The Morgan fingerprint density at radius 2 is 1.03 bits per heavy atom. The second-order valence-corrected chi connectivity index (χ2v) is 6.96. The van der Waals surface area contributed by atoms with Crippen LogP contribution in [0.1, 0.15) is 44.2 Å². The lowest BCUT2D eigenvalue weighted by molar-refractivity contribution is -0.148. The van der Waals surface area contributed by atoms with Crippen LogP contribution in [0.4, 0.5) is 0 Å². The van der Waals surface area contributed by atoms with Gasteiger partial charge in [-0.15, -0.1) is 0 Å². The number of hydrogen-bond acceptors (Lipinski definition) is 11. The standard InChI is InChI=1S/C22H29N3O8/c1-14(2)21(28)32-12-9-17-23-16(8-11-31-20(27)7-6-19(26)30-5)24-18(25-17)10-13-33-22(29)15(3)4/h1,3,6-13H2,2,4-5H3. The van der Waals surface area contributed by atoms with Crippen LogP contribution in [0.3, 0.4) is 0 Å². The van der Waals surface area contributed by atoms with Gasteiger partial charge in [0.2, 0.25) is 0 Å². The van der Waals surface area contributed by atoms with Crippen molar-refractivity contribution in [2.75, 3.05) is 26.9 Å². The molecule has 0 amide bonds. The normalized spacial score (nSPS) is 10.2. The minimum absolute atomic E-state index is 0.00180. The molecule has 0 aliphatic rings. The first-order valence-electron chi connectivity index (χ1n) is 10.2. The highest BCUT2D eigenvalue weighted by Crippen LogP contribution is 2.04. The maximum absolute atomic E-state index is 11.7. The van der Waals surface area contributed by atoms with Crippen LogP contribution in [0.25, 0.3) is 0 Å². The summed E-state index contributed by atoms with van der Waals surface area (Å²) in [6, 6.07) is 0. The quantitative estimate of drug-likeness (QED) is 0.223. The van der Waals surface area contributed by atoms with Crippen LogP contribution in [0.5, 0.6) is 0 Å². The number of methoxy groups -OCH3 is 1. The highest BCUT2D eigenvalue weighted by molar-refractivity contribution is 5.87. The van der Waals surface area contributed by atoms with E-state index in [0.29, 0.717) is 17.5 Å². The molecule has 0 N–H and O–H groups in total. The highest BCUT2D eigenvalue weighted by atomic mass is 16.5. The first kappa shape index (κ1) is 27.4. The second-order valence-electron chi connectivity index (χ2n) is 6.96. The molecule has 0 radical (unpaired) electrons. The van der Waals surface area contributed by atoms with Crippen LogP contribution >= 0.6 is 0 Å². The van der Waals surface area contributed by atoms with Crippen LogP contribution < -0.4 is 0 Å². The maximum atomic E-state index is 11.7. The summed E-state index contributed by atoms with van der Waals surface area (Å²) in [6.07, 6.45) is 0.491. The van der Waals surface area contributed by atoms with Gasteiger partial charge >= 0.3 is 23.9 Å². The number of hydrogen-bond donors (Lipinski definition) is 0. The Morgan fingerprint density at radius 3 is 1.39 bits per heavy atom. The molecule has 0 aliphatic heterocycles. The molecule has 11 heteroatoms. The van der Waals surface area contributed by atoms with Crippen LogP contribution in [0.15, 0.2) is 24.3 Å². The molecule has 33 heavy (non-hydrogen) atoms. The van der Waals surface area contributed by atoms with Crippen molar-refractivity contribution in [2.45, 2.75) is 46.0 Å². The van der Waals surface area contributed by atoms with E-state index >= 15 is 0 Å². The van der Waals surface area contributed by atoms with Crippen molar-refractivity contribution in [1.29, 1.82) is 0 Å². The van der Waals surface area contributed by atoms with Crippen LogP contribution in [0.2, 0.25) is 0 Å². The van der Waals surface area contributed by atoms with E-state index < -0.39 is 23.9 Å². The molecule has 1 aromatic heterocycles. The van der Waals surface area contributed by atoms with Crippen LogP contribution in [-0.4, -0.2) is 65.8 Å². The molecule has 0 fully saturated rings. The second kappa shape index (κ2) is 14.4. The molecule has 0 aliphatic carbocycles. The fourth-order valence-corrected chi connectivity index (χ4v) is 2.21. The molecule has 0 saturated carbocycles. The van der Waals surface area contributed by atoms with E-state index in [1.54, 1.807) is 13.8 Å². The average Bonchev–Trinajstić information content (AvgIpc) is 2.77. The Labute approximate surface area is 192 Å². The topological polar surface area (TPSA) is 144 Å². The molecule has 1 rings (SSSR count). The number of rotatable bonds is 14. The Morgan fingerprint density at radius 1 is 0.667 bits per heavy atom. The summed E-state index contributed by atoms with van der Waals surface area (Å²) >= 11 is 0. The lowest BCUT2D eigenvalue weighted by Gasteiger charge is -2.09. The molecule has 0 atom stereocenters. The minimum atomic E-state index is -0.548. The summed E-state index contributed by atoms with van der Waals surface area (Å²) in [5.41, 5.74) is 0.556. The summed E-state index contributed by atoms with van der Waals surface area (Å²) in [6.45, 7) is 10.2. The SMILES string of the molecule is C=C(C)C(=O)OCCc1nc(CCOC(=O)CCC(=O)OC)nc(CCOC(=O)C(=C)C)n1. The third-order valence-corrected chi connectivity index (χ3v) is 3.94. The maximum Gasteiger partial charge on any atom is 0.333 e. The largest absolute Gasteiger partial charge is 0.469 e. The van der Waals surface area contributed by atoms with Crippen molar-refractivity contribution in [2.24, 2.45) is 0 Å². The molecule has 0 unspecified atom stereocenters. The van der Waals surface area contributed by atoms with E-state index in [9.17, 15) is 19.2 Å². The molecule has 0 saturated heterocycles. The predicted octanol–water partition coefficient (Wildman–Crippen LogP) is 1.23. The highest BCUT2D eigenvalue weighted by Gasteiger charge is 2.12. The third kappa shape index (κ3) is 11.5. The van der Waals surface area contributed by atoms with Gasteiger partial charge in [-0.1, -0.05) is 13.2 Å². The summed E-state index contributed by atoms with van der Waals surface area (Å²) in [5, 5.41) is 0. The fraction of sp³-hybridized carbons (Fsp3) is 0.500. The number of carbonyl (C=O) groups excluding carboxylic acids is 4. The summed E-state index contributed by atoms with van der Waals surface area (Å²) in [7, 11) is 1.24. The number of esters is 4. The van der Waals surface area contributed by atoms with E-state index in [2.05, 4.69) is 32.8 Å². The molecule has 0 aromatic carbocycles. The van der Waals surface area contributed by atoms with Crippen molar-refractivity contribution >= 4 is 23.9 Å². The Hall–Kier alpha value is -3.63. The average molecular weight is 463 g/mol. The number of aromatic nitrogens is 3. The monoisotopic (exact) mass is 463 g/mol. The predicted molar refractivity (Wildman–Crippen MR) is 115 cm³/mol. The zero-order valence-electron chi connectivity index (χ0n) is 19.2. The van der Waals surface area contributed by atoms with E-state index in [4.69, 9.17) is 14.2 Å². The molecule has 1 heterocycles. The van der Waals surface area contributed by atoms with Gasteiger partial charge in [0.1, 0.15) is 17.5 Å². The van der Waals surface area contributed by atoms with Crippen molar-refractivity contribution in [1.82, 2.24) is 15.0 Å².